The number of anilines is 2. The summed E-state index contributed by atoms with van der Waals surface area (Å²) in [6, 6.07) is 13.2. The summed E-state index contributed by atoms with van der Waals surface area (Å²) >= 11 is 0. The molecule has 0 aliphatic rings. The summed E-state index contributed by atoms with van der Waals surface area (Å²) in [4.78, 5) is 37.8. The molecule has 1 atom stereocenters. The van der Waals surface area contributed by atoms with Crippen LogP contribution in [0.15, 0.2) is 48.5 Å². The number of methoxy groups -OCH3 is 1. The smallest absolute Gasteiger partial charge is 0.241 e. The molecule has 0 bridgehead atoms. The zero-order valence-electron chi connectivity index (χ0n) is 16.5. The molecular formula is C21H25N3O4. The normalized spacial score (nSPS) is 11.6. The molecule has 2 rings (SSSR count). The summed E-state index contributed by atoms with van der Waals surface area (Å²) < 4.78 is 5.13. The van der Waals surface area contributed by atoms with Gasteiger partial charge in [-0.3, -0.25) is 19.3 Å². The van der Waals surface area contributed by atoms with Crippen LogP contribution in [-0.2, 0) is 9.59 Å². The molecule has 2 amide bonds. The fraction of sp³-hybridized carbons (Fsp3) is 0.286. The van der Waals surface area contributed by atoms with E-state index in [2.05, 4.69) is 10.6 Å². The Morgan fingerprint density at radius 2 is 1.68 bits per heavy atom. The van der Waals surface area contributed by atoms with Crippen LogP contribution in [0.25, 0.3) is 0 Å². The zero-order valence-corrected chi connectivity index (χ0v) is 16.5. The molecule has 0 radical (unpaired) electrons. The molecule has 28 heavy (non-hydrogen) atoms. The lowest BCUT2D eigenvalue weighted by molar-refractivity contribution is -0.122. The Hall–Kier alpha value is -3.19. The van der Waals surface area contributed by atoms with Crippen molar-refractivity contribution in [3.05, 3.63) is 54.1 Å². The second-order valence-corrected chi connectivity index (χ2v) is 6.50. The molecule has 1 unspecified atom stereocenters. The number of benzene rings is 2. The van der Waals surface area contributed by atoms with Crippen molar-refractivity contribution in [3.8, 4) is 5.75 Å². The maximum atomic E-state index is 12.5. The van der Waals surface area contributed by atoms with Gasteiger partial charge in [0.15, 0.2) is 5.78 Å². The van der Waals surface area contributed by atoms with Gasteiger partial charge in [-0.15, -0.1) is 0 Å². The summed E-state index contributed by atoms with van der Waals surface area (Å²) in [5.74, 6) is 0.0635. The molecule has 7 nitrogen and oxygen atoms in total. The molecule has 0 saturated carbocycles. The van der Waals surface area contributed by atoms with Crippen molar-refractivity contribution in [1.29, 1.82) is 0 Å². The minimum Gasteiger partial charge on any atom is -0.497 e. The van der Waals surface area contributed by atoms with E-state index in [0.29, 0.717) is 22.7 Å². The Morgan fingerprint density at radius 1 is 1.04 bits per heavy atom. The van der Waals surface area contributed by atoms with Gasteiger partial charge in [-0.25, -0.2) is 0 Å². The summed E-state index contributed by atoms with van der Waals surface area (Å²) in [6.45, 7) is 3.22. The molecule has 0 heterocycles. The van der Waals surface area contributed by atoms with Crippen LogP contribution in [0.2, 0.25) is 0 Å². The molecule has 148 valence electrons. The first-order valence-corrected chi connectivity index (χ1v) is 8.86. The second-order valence-electron chi connectivity index (χ2n) is 6.50. The van der Waals surface area contributed by atoms with E-state index in [1.54, 1.807) is 74.5 Å². The quantitative estimate of drug-likeness (QED) is 0.685. The lowest BCUT2D eigenvalue weighted by Crippen LogP contribution is -2.43. The van der Waals surface area contributed by atoms with E-state index in [1.165, 1.54) is 6.92 Å². The van der Waals surface area contributed by atoms with Crippen molar-refractivity contribution in [1.82, 2.24) is 4.90 Å². The van der Waals surface area contributed by atoms with Crippen LogP contribution in [0, 0.1) is 0 Å². The molecule has 2 N–H and O–H groups in total. The van der Waals surface area contributed by atoms with Crippen molar-refractivity contribution in [2.75, 3.05) is 31.3 Å². The molecule has 7 heteroatoms. The van der Waals surface area contributed by atoms with E-state index in [4.69, 9.17) is 4.74 Å². The average Bonchev–Trinajstić information content (AvgIpc) is 2.67. The van der Waals surface area contributed by atoms with Crippen LogP contribution in [-0.4, -0.2) is 49.2 Å². The van der Waals surface area contributed by atoms with Crippen LogP contribution >= 0.6 is 0 Å². The molecule has 2 aromatic carbocycles. The molecule has 0 fully saturated rings. The van der Waals surface area contributed by atoms with Gasteiger partial charge < -0.3 is 15.4 Å². The van der Waals surface area contributed by atoms with Gasteiger partial charge in [-0.2, -0.15) is 0 Å². The summed E-state index contributed by atoms with van der Waals surface area (Å²) in [5.41, 5.74) is 1.69. The Labute approximate surface area is 164 Å². The SMILES string of the molecule is COc1cccc(NC(=O)CN(C)C(C)C(=O)Nc2cccc(C(C)=O)c2)c1. The van der Waals surface area contributed by atoms with Gasteiger partial charge in [0.2, 0.25) is 11.8 Å². The Kier molecular flexibility index (Phi) is 7.28. The number of rotatable bonds is 8. The van der Waals surface area contributed by atoms with Crippen molar-refractivity contribution < 1.29 is 19.1 Å². The molecule has 0 saturated heterocycles. The minimum absolute atomic E-state index is 0.0410. The lowest BCUT2D eigenvalue weighted by Gasteiger charge is -2.23. The van der Waals surface area contributed by atoms with Crippen LogP contribution in [0.5, 0.6) is 5.75 Å². The standard InChI is InChI=1S/C21H25N3O4/c1-14(21(27)23-17-8-5-7-16(11-17)15(2)25)24(3)13-20(26)22-18-9-6-10-19(12-18)28-4/h5-12,14H,13H2,1-4H3,(H,22,26)(H,23,27). The first-order chi connectivity index (χ1) is 13.3. The first kappa shape index (κ1) is 21.1. The maximum Gasteiger partial charge on any atom is 0.241 e. The summed E-state index contributed by atoms with van der Waals surface area (Å²) in [5, 5.41) is 5.56. The number of amides is 2. The van der Waals surface area contributed by atoms with Crippen molar-refractivity contribution >= 4 is 29.0 Å². The largest absolute Gasteiger partial charge is 0.497 e. The predicted octanol–water partition coefficient (Wildman–Crippen LogP) is 2.80. The number of hydrogen-bond donors (Lipinski definition) is 2. The van der Waals surface area contributed by atoms with Crippen LogP contribution in [0.3, 0.4) is 0 Å². The number of ketones is 1. The number of likely N-dealkylation sites (N-methyl/N-ethyl adjacent to an activating group) is 1. The third-order valence-electron chi connectivity index (χ3n) is 4.32. The topological polar surface area (TPSA) is 87.7 Å². The van der Waals surface area contributed by atoms with E-state index in [0.717, 1.165) is 0 Å². The number of ether oxygens (including phenoxy) is 1. The third kappa shape index (κ3) is 5.92. The van der Waals surface area contributed by atoms with Gasteiger partial charge in [-0.1, -0.05) is 18.2 Å². The van der Waals surface area contributed by atoms with Gasteiger partial charge in [0, 0.05) is 23.0 Å². The highest BCUT2D eigenvalue weighted by Gasteiger charge is 2.20. The van der Waals surface area contributed by atoms with Crippen LogP contribution < -0.4 is 15.4 Å². The number of nitrogens with one attached hydrogen (secondary N) is 2. The highest BCUT2D eigenvalue weighted by molar-refractivity contribution is 5.99. The number of nitrogens with zero attached hydrogens (tertiary/aromatic N) is 1. The second kappa shape index (κ2) is 9.66. The predicted molar refractivity (Wildman–Crippen MR) is 109 cm³/mol. The summed E-state index contributed by atoms with van der Waals surface area (Å²) in [6.07, 6.45) is 0. The van der Waals surface area contributed by atoms with Crippen molar-refractivity contribution in [2.45, 2.75) is 19.9 Å². The van der Waals surface area contributed by atoms with E-state index < -0.39 is 6.04 Å². The van der Waals surface area contributed by atoms with Crippen LogP contribution in [0.1, 0.15) is 24.2 Å². The molecule has 0 aliphatic carbocycles. The highest BCUT2D eigenvalue weighted by Crippen LogP contribution is 2.17. The Bertz CT molecular complexity index is 866. The van der Waals surface area contributed by atoms with Gasteiger partial charge in [0.1, 0.15) is 5.75 Å². The van der Waals surface area contributed by atoms with Gasteiger partial charge in [-0.05, 0) is 45.2 Å². The fourth-order valence-electron chi connectivity index (χ4n) is 2.53. The summed E-state index contributed by atoms with van der Waals surface area (Å²) in [7, 11) is 3.25. The van der Waals surface area contributed by atoms with E-state index in [-0.39, 0.29) is 24.1 Å². The fourth-order valence-corrected chi connectivity index (χ4v) is 2.53. The van der Waals surface area contributed by atoms with E-state index in [1.807, 2.05) is 0 Å². The number of carbonyl (C=O) groups excluding carboxylic acids is 3. The monoisotopic (exact) mass is 383 g/mol. The van der Waals surface area contributed by atoms with E-state index in [9.17, 15) is 14.4 Å². The Balaban J connectivity index is 1.92. The van der Waals surface area contributed by atoms with Gasteiger partial charge in [0.25, 0.3) is 0 Å². The van der Waals surface area contributed by atoms with Crippen molar-refractivity contribution in [2.24, 2.45) is 0 Å². The molecule has 0 aliphatic heterocycles. The lowest BCUT2D eigenvalue weighted by atomic mass is 10.1. The third-order valence-corrected chi connectivity index (χ3v) is 4.32. The zero-order chi connectivity index (χ0) is 20.7. The minimum atomic E-state index is -0.544. The molecule has 0 spiro atoms. The average molecular weight is 383 g/mol. The van der Waals surface area contributed by atoms with Crippen LogP contribution in [0.4, 0.5) is 11.4 Å². The highest BCUT2D eigenvalue weighted by atomic mass is 16.5. The number of hydrogen-bond acceptors (Lipinski definition) is 5. The first-order valence-electron chi connectivity index (χ1n) is 8.86. The van der Waals surface area contributed by atoms with Gasteiger partial charge >= 0.3 is 0 Å². The number of carbonyl (C=O) groups is 3. The molecular weight excluding hydrogens is 358 g/mol. The molecule has 0 aromatic heterocycles. The number of Topliss-reactive ketones (excluding diaryl/α,β-unsaturated/α-hetero) is 1. The van der Waals surface area contributed by atoms with Gasteiger partial charge in [0.05, 0.1) is 19.7 Å². The molecule has 2 aromatic rings. The maximum absolute atomic E-state index is 12.5. The Morgan fingerprint density at radius 3 is 2.32 bits per heavy atom. The van der Waals surface area contributed by atoms with E-state index >= 15 is 0 Å². The van der Waals surface area contributed by atoms with Crippen molar-refractivity contribution in [3.63, 3.8) is 0 Å².